The van der Waals surface area contributed by atoms with Crippen molar-refractivity contribution in [2.75, 3.05) is 4.90 Å². The molecule has 0 saturated carbocycles. The van der Waals surface area contributed by atoms with E-state index in [0.29, 0.717) is 6.42 Å². The number of anilines is 1. The first-order valence-electron chi connectivity index (χ1n) is 5.53. The molecule has 2 amide bonds. The maximum absolute atomic E-state index is 11.6. The zero-order chi connectivity index (χ0) is 12.9. The standard InChI is InChI=1S/C12H9NO4S/c14-8-4-5-9(15)13(8)11-10(12(16)17)6-2-1-3-7(6)18-11/h4-5H,1-3H2,(H,16,17). The minimum Gasteiger partial charge on any atom is -0.478 e. The van der Waals surface area contributed by atoms with Crippen LogP contribution >= 0.6 is 11.3 Å². The Hall–Kier alpha value is -1.95. The van der Waals surface area contributed by atoms with Crippen LogP contribution in [-0.2, 0) is 22.4 Å². The summed E-state index contributed by atoms with van der Waals surface area (Å²) in [5.41, 5.74) is 0.910. The summed E-state index contributed by atoms with van der Waals surface area (Å²) in [6, 6.07) is 0. The van der Waals surface area contributed by atoms with Gasteiger partial charge in [-0.25, -0.2) is 9.69 Å². The highest BCUT2D eigenvalue weighted by Gasteiger charge is 2.35. The van der Waals surface area contributed by atoms with Crippen molar-refractivity contribution in [3.63, 3.8) is 0 Å². The molecule has 0 unspecified atom stereocenters. The van der Waals surface area contributed by atoms with Crippen LogP contribution in [0, 0.1) is 0 Å². The fraction of sp³-hybridized carbons (Fsp3) is 0.250. The summed E-state index contributed by atoms with van der Waals surface area (Å²) in [5.74, 6) is -2.01. The van der Waals surface area contributed by atoms with Gasteiger partial charge in [-0.3, -0.25) is 9.59 Å². The maximum atomic E-state index is 11.6. The van der Waals surface area contributed by atoms with Gasteiger partial charge in [0.1, 0.15) is 5.00 Å². The van der Waals surface area contributed by atoms with E-state index in [2.05, 4.69) is 0 Å². The van der Waals surface area contributed by atoms with Crippen molar-refractivity contribution in [2.24, 2.45) is 0 Å². The van der Waals surface area contributed by atoms with Gasteiger partial charge in [0.15, 0.2) is 0 Å². The average molecular weight is 263 g/mol. The van der Waals surface area contributed by atoms with Gasteiger partial charge in [-0.05, 0) is 24.8 Å². The highest BCUT2D eigenvalue weighted by atomic mass is 32.1. The highest BCUT2D eigenvalue weighted by molar-refractivity contribution is 7.17. The molecule has 0 radical (unpaired) electrons. The van der Waals surface area contributed by atoms with Crippen LogP contribution in [0.3, 0.4) is 0 Å². The van der Waals surface area contributed by atoms with Crippen molar-refractivity contribution in [2.45, 2.75) is 19.3 Å². The Morgan fingerprint density at radius 3 is 2.50 bits per heavy atom. The summed E-state index contributed by atoms with van der Waals surface area (Å²) in [6.45, 7) is 0. The summed E-state index contributed by atoms with van der Waals surface area (Å²) < 4.78 is 0. The average Bonchev–Trinajstić information content (AvgIpc) is 2.92. The maximum Gasteiger partial charge on any atom is 0.339 e. The SMILES string of the molecule is O=C(O)c1c(N2C(=O)C=CC2=O)sc2c1CCC2. The molecule has 0 atom stereocenters. The summed E-state index contributed by atoms with van der Waals surface area (Å²) in [7, 11) is 0. The minimum absolute atomic E-state index is 0.123. The van der Waals surface area contributed by atoms with Gasteiger partial charge in [-0.2, -0.15) is 0 Å². The number of hydrogen-bond donors (Lipinski definition) is 1. The van der Waals surface area contributed by atoms with Crippen LogP contribution in [-0.4, -0.2) is 22.9 Å². The largest absolute Gasteiger partial charge is 0.478 e. The molecule has 6 heteroatoms. The van der Waals surface area contributed by atoms with E-state index in [9.17, 15) is 19.5 Å². The van der Waals surface area contributed by atoms with E-state index in [1.54, 1.807) is 0 Å². The Morgan fingerprint density at radius 1 is 1.22 bits per heavy atom. The smallest absolute Gasteiger partial charge is 0.339 e. The number of imide groups is 1. The van der Waals surface area contributed by atoms with Crippen LogP contribution < -0.4 is 4.90 Å². The molecular weight excluding hydrogens is 254 g/mol. The fourth-order valence-corrected chi connectivity index (χ4v) is 3.76. The fourth-order valence-electron chi connectivity index (χ4n) is 2.37. The van der Waals surface area contributed by atoms with Gasteiger partial charge in [0.05, 0.1) is 5.56 Å². The lowest BCUT2D eigenvalue weighted by molar-refractivity contribution is -0.119. The van der Waals surface area contributed by atoms with Crippen LogP contribution in [0.2, 0.25) is 0 Å². The molecule has 3 rings (SSSR count). The van der Waals surface area contributed by atoms with Gasteiger partial charge in [-0.1, -0.05) is 0 Å². The first-order chi connectivity index (χ1) is 8.59. The molecule has 1 N–H and O–H groups in total. The molecule has 0 spiro atoms. The van der Waals surface area contributed by atoms with Gasteiger partial charge in [0.25, 0.3) is 11.8 Å². The molecule has 5 nitrogen and oxygen atoms in total. The number of aromatic carboxylic acids is 1. The van der Waals surface area contributed by atoms with E-state index >= 15 is 0 Å². The summed E-state index contributed by atoms with van der Waals surface area (Å²) in [6.07, 6.45) is 4.79. The van der Waals surface area contributed by atoms with Crippen molar-refractivity contribution in [3.05, 3.63) is 28.2 Å². The van der Waals surface area contributed by atoms with Crippen molar-refractivity contribution in [1.82, 2.24) is 0 Å². The molecule has 1 aromatic rings. The predicted octanol–water partition coefficient (Wildman–Crippen LogP) is 1.36. The van der Waals surface area contributed by atoms with Crippen LogP contribution in [0.5, 0.6) is 0 Å². The Labute approximate surface area is 106 Å². The number of thiophene rings is 1. The number of rotatable bonds is 2. The van der Waals surface area contributed by atoms with E-state index < -0.39 is 17.8 Å². The minimum atomic E-state index is -1.07. The molecule has 1 aromatic heterocycles. The molecular formula is C12H9NO4S. The topological polar surface area (TPSA) is 74.7 Å². The van der Waals surface area contributed by atoms with Gasteiger partial charge < -0.3 is 5.11 Å². The molecule has 0 aromatic carbocycles. The van der Waals surface area contributed by atoms with Crippen molar-refractivity contribution >= 4 is 34.1 Å². The number of aryl methyl sites for hydroxylation is 1. The lowest BCUT2D eigenvalue weighted by atomic mass is 10.1. The van der Waals surface area contributed by atoms with Crippen molar-refractivity contribution in [3.8, 4) is 0 Å². The molecule has 92 valence electrons. The molecule has 1 aliphatic heterocycles. The predicted molar refractivity (Wildman–Crippen MR) is 64.9 cm³/mol. The Bertz CT molecular complexity index is 596. The summed E-state index contributed by atoms with van der Waals surface area (Å²) >= 11 is 1.25. The zero-order valence-electron chi connectivity index (χ0n) is 9.30. The summed E-state index contributed by atoms with van der Waals surface area (Å²) in [4.78, 5) is 36.5. The third-order valence-corrected chi connectivity index (χ3v) is 4.41. The first kappa shape index (κ1) is 11.2. The van der Waals surface area contributed by atoms with Gasteiger partial charge >= 0.3 is 5.97 Å². The Balaban J connectivity index is 2.16. The second-order valence-electron chi connectivity index (χ2n) is 4.19. The van der Waals surface area contributed by atoms with E-state index in [4.69, 9.17) is 0 Å². The number of nitrogens with zero attached hydrogens (tertiary/aromatic N) is 1. The highest BCUT2D eigenvalue weighted by Crippen LogP contribution is 2.41. The first-order valence-corrected chi connectivity index (χ1v) is 6.35. The normalized spacial score (nSPS) is 17.7. The zero-order valence-corrected chi connectivity index (χ0v) is 10.1. The Morgan fingerprint density at radius 2 is 1.89 bits per heavy atom. The molecule has 0 fully saturated rings. The van der Waals surface area contributed by atoms with E-state index in [0.717, 1.165) is 28.2 Å². The molecule has 0 bridgehead atoms. The van der Waals surface area contributed by atoms with E-state index in [1.165, 1.54) is 23.5 Å². The van der Waals surface area contributed by atoms with E-state index in [-0.39, 0.29) is 10.6 Å². The number of fused-ring (bicyclic) bond motifs is 1. The van der Waals surface area contributed by atoms with Crippen LogP contribution in [0.15, 0.2) is 12.2 Å². The number of hydrogen-bond acceptors (Lipinski definition) is 4. The summed E-state index contributed by atoms with van der Waals surface area (Å²) in [5, 5.41) is 9.55. The van der Waals surface area contributed by atoms with Crippen molar-refractivity contribution < 1.29 is 19.5 Å². The number of carboxylic acids is 1. The van der Waals surface area contributed by atoms with E-state index in [1.807, 2.05) is 0 Å². The van der Waals surface area contributed by atoms with Crippen LogP contribution in [0.4, 0.5) is 5.00 Å². The second kappa shape index (κ2) is 3.78. The van der Waals surface area contributed by atoms with Crippen LogP contribution in [0.25, 0.3) is 0 Å². The quantitative estimate of drug-likeness (QED) is 0.818. The Kier molecular flexibility index (Phi) is 2.34. The molecule has 0 saturated heterocycles. The molecule has 2 heterocycles. The second-order valence-corrected chi connectivity index (χ2v) is 5.27. The third-order valence-electron chi connectivity index (χ3n) is 3.13. The molecule has 18 heavy (non-hydrogen) atoms. The van der Waals surface area contributed by atoms with Crippen molar-refractivity contribution in [1.29, 1.82) is 0 Å². The van der Waals surface area contributed by atoms with Gasteiger partial charge in [0, 0.05) is 17.0 Å². The molecule has 2 aliphatic rings. The van der Waals surface area contributed by atoms with Gasteiger partial charge in [0.2, 0.25) is 0 Å². The number of carbonyl (C=O) groups excluding carboxylic acids is 2. The number of carboxylic acid groups (broad SMARTS) is 1. The lowest BCUT2D eigenvalue weighted by Gasteiger charge is -2.12. The number of carbonyl (C=O) groups is 3. The molecule has 1 aliphatic carbocycles. The van der Waals surface area contributed by atoms with Gasteiger partial charge in [-0.15, -0.1) is 11.3 Å². The number of amides is 2. The third kappa shape index (κ3) is 1.42. The lowest BCUT2D eigenvalue weighted by Crippen LogP contribution is -2.30. The monoisotopic (exact) mass is 263 g/mol. The van der Waals surface area contributed by atoms with Crippen LogP contribution in [0.1, 0.15) is 27.2 Å².